The predicted octanol–water partition coefficient (Wildman–Crippen LogP) is -0.00680. The van der Waals surface area contributed by atoms with Crippen molar-refractivity contribution in [1.82, 2.24) is 20.1 Å². The molecule has 1 aromatic rings. The van der Waals surface area contributed by atoms with Crippen molar-refractivity contribution < 1.29 is 8.42 Å². The van der Waals surface area contributed by atoms with E-state index in [9.17, 15) is 8.42 Å². The van der Waals surface area contributed by atoms with E-state index in [0.717, 1.165) is 5.82 Å². The monoisotopic (exact) mass is 246 g/mol. The molecule has 92 valence electrons. The fraction of sp³-hybridized carbons (Fsp3) is 0.778. The number of nitrogens with one attached hydrogen (secondary N) is 1. The normalized spacial score (nSPS) is 12.2. The van der Waals surface area contributed by atoms with E-state index in [4.69, 9.17) is 0 Å². The van der Waals surface area contributed by atoms with E-state index in [0.29, 0.717) is 13.1 Å². The zero-order valence-electron chi connectivity index (χ0n) is 9.84. The van der Waals surface area contributed by atoms with Gasteiger partial charge in [-0.05, 0) is 13.8 Å². The standard InChI is InChI=1S/C9H18N4O2S/c1-8(2)13-9(11-7-12-13)6-10-4-5-16(3,14)15/h7-8,10H,4-6H2,1-3H3. The van der Waals surface area contributed by atoms with Crippen molar-refractivity contribution in [2.75, 3.05) is 18.6 Å². The maximum Gasteiger partial charge on any atom is 0.148 e. The molecule has 1 heterocycles. The summed E-state index contributed by atoms with van der Waals surface area (Å²) in [6.45, 7) is 5.01. The lowest BCUT2D eigenvalue weighted by atomic mass is 10.4. The summed E-state index contributed by atoms with van der Waals surface area (Å²) < 4.78 is 23.6. The Hall–Kier alpha value is -0.950. The van der Waals surface area contributed by atoms with Gasteiger partial charge >= 0.3 is 0 Å². The zero-order chi connectivity index (χ0) is 12.2. The van der Waals surface area contributed by atoms with E-state index in [2.05, 4.69) is 15.4 Å². The highest BCUT2D eigenvalue weighted by molar-refractivity contribution is 7.90. The van der Waals surface area contributed by atoms with Crippen LogP contribution in [0.15, 0.2) is 6.33 Å². The first kappa shape index (κ1) is 13.1. The predicted molar refractivity (Wildman–Crippen MR) is 61.8 cm³/mol. The van der Waals surface area contributed by atoms with E-state index in [-0.39, 0.29) is 11.8 Å². The first-order valence-electron chi connectivity index (χ1n) is 5.17. The molecular formula is C9H18N4O2S. The van der Waals surface area contributed by atoms with Crippen LogP contribution in [0.3, 0.4) is 0 Å². The van der Waals surface area contributed by atoms with Gasteiger partial charge < -0.3 is 5.32 Å². The molecule has 1 aromatic heterocycles. The summed E-state index contributed by atoms with van der Waals surface area (Å²) in [5.41, 5.74) is 0. The van der Waals surface area contributed by atoms with Gasteiger partial charge in [0.25, 0.3) is 0 Å². The van der Waals surface area contributed by atoms with Crippen LogP contribution in [0.4, 0.5) is 0 Å². The lowest BCUT2D eigenvalue weighted by molar-refractivity contribution is 0.492. The largest absolute Gasteiger partial charge is 0.309 e. The Kier molecular flexibility index (Phi) is 4.43. The van der Waals surface area contributed by atoms with Crippen LogP contribution < -0.4 is 5.32 Å². The Morgan fingerprint density at radius 2 is 2.19 bits per heavy atom. The van der Waals surface area contributed by atoms with Crippen molar-refractivity contribution in [3.8, 4) is 0 Å². The summed E-state index contributed by atoms with van der Waals surface area (Å²) in [5.74, 6) is 0.964. The lowest BCUT2D eigenvalue weighted by Crippen LogP contribution is -2.24. The molecule has 0 spiro atoms. The minimum absolute atomic E-state index is 0.142. The molecule has 1 N–H and O–H groups in total. The first-order valence-corrected chi connectivity index (χ1v) is 7.23. The number of hydrogen-bond acceptors (Lipinski definition) is 5. The van der Waals surface area contributed by atoms with Crippen LogP contribution >= 0.6 is 0 Å². The summed E-state index contributed by atoms with van der Waals surface area (Å²) in [6.07, 6.45) is 2.73. The highest BCUT2D eigenvalue weighted by Crippen LogP contribution is 2.04. The van der Waals surface area contributed by atoms with E-state index in [1.54, 1.807) is 0 Å². The number of rotatable bonds is 6. The number of hydrogen-bond donors (Lipinski definition) is 1. The maximum absolute atomic E-state index is 10.9. The van der Waals surface area contributed by atoms with Gasteiger partial charge in [-0.25, -0.2) is 18.1 Å². The average molecular weight is 246 g/mol. The summed E-state index contributed by atoms with van der Waals surface area (Å²) in [6, 6.07) is 0.259. The Labute approximate surface area is 96.0 Å². The summed E-state index contributed by atoms with van der Waals surface area (Å²) in [4.78, 5) is 4.11. The molecule has 7 heteroatoms. The summed E-state index contributed by atoms with van der Waals surface area (Å²) in [5, 5.41) is 7.13. The minimum atomic E-state index is -2.90. The molecule has 0 aliphatic rings. The first-order chi connectivity index (χ1) is 7.40. The fourth-order valence-electron chi connectivity index (χ4n) is 1.29. The van der Waals surface area contributed by atoms with E-state index < -0.39 is 9.84 Å². The summed E-state index contributed by atoms with van der Waals surface area (Å²) >= 11 is 0. The number of sulfone groups is 1. The van der Waals surface area contributed by atoms with Gasteiger partial charge in [0, 0.05) is 18.8 Å². The molecule has 16 heavy (non-hydrogen) atoms. The zero-order valence-corrected chi connectivity index (χ0v) is 10.7. The average Bonchev–Trinajstić information content (AvgIpc) is 2.58. The second kappa shape index (κ2) is 5.40. The van der Waals surface area contributed by atoms with Gasteiger partial charge in [-0.15, -0.1) is 0 Å². The second-order valence-electron chi connectivity index (χ2n) is 4.02. The van der Waals surface area contributed by atoms with Crippen LogP contribution in [0.5, 0.6) is 0 Å². The lowest BCUT2D eigenvalue weighted by Gasteiger charge is -2.09. The van der Waals surface area contributed by atoms with Crippen molar-refractivity contribution in [1.29, 1.82) is 0 Å². The van der Waals surface area contributed by atoms with Gasteiger partial charge in [0.05, 0.1) is 12.3 Å². The smallest absolute Gasteiger partial charge is 0.148 e. The number of aromatic nitrogens is 3. The molecule has 0 aliphatic heterocycles. The molecule has 0 bridgehead atoms. The third kappa shape index (κ3) is 4.28. The Bertz CT molecular complexity index is 424. The van der Waals surface area contributed by atoms with Gasteiger partial charge in [-0.2, -0.15) is 5.10 Å². The molecule has 0 saturated heterocycles. The van der Waals surface area contributed by atoms with Crippen LogP contribution in [0.2, 0.25) is 0 Å². The minimum Gasteiger partial charge on any atom is -0.309 e. The van der Waals surface area contributed by atoms with E-state index in [1.807, 2.05) is 18.5 Å². The van der Waals surface area contributed by atoms with Crippen molar-refractivity contribution in [2.24, 2.45) is 0 Å². The van der Waals surface area contributed by atoms with Crippen LogP contribution in [0.1, 0.15) is 25.7 Å². The Morgan fingerprint density at radius 1 is 1.50 bits per heavy atom. The van der Waals surface area contributed by atoms with E-state index in [1.165, 1.54) is 12.6 Å². The van der Waals surface area contributed by atoms with Crippen LogP contribution in [-0.4, -0.2) is 41.7 Å². The van der Waals surface area contributed by atoms with Gasteiger partial charge in [-0.3, -0.25) is 0 Å². The van der Waals surface area contributed by atoms with Crippen molar-refractivity contribution in [3.63, 3.8) is 0 Å². The summed E-state index contributed by atoms with van der Waals surface area (Å²) in [7, 11) is -2.90. The van der Waals surface area contributed by atoms with Crippen molar-refractivity contribution in [2.45, 2.75) is 26.4 Å². The molecule has 6 nitrogen and oxygen atoms in total. The van der Waals surface area contributed by atoms with E-state index >= 15 is 0 Å². The quantitative estimate of drug-likeness (QED) is 0.715. The molecule has 0 aromatic carbocycles. The molecule has 0 radical (unpaired) electrons. The van der Waals surface area contributed by atoms with Crippen LogP contribution in [0.25, 0.3) is 0 Å². The third-order valence-corrected chi connectivity index (χ3v) is 3.01. The molecule has 0 fully saturated rings. The van der Waals surface area contributed by atoms with Crippen molar-refractivity contribution >= 4 is 9.84 Å². The van der Waals surface area contributed by atoms with Crippen LogP contribution in [-0.2, 0) is 16.4 Å². The molecule has 1 rings (SSSR count). The van der Waals surface area contributed by atoms with Gasteiger partial charge in [-0.1, -0.05) is 0 Å². The second-order valence-corrected chi connectivity index (χ2v) is 6.28. The molecule has 0 saturated carbocycles. The van der Waals surface area contributed by atoms with Gasteiger partial charge in [0.15, 0.2) is 0 Å². The fourth-order valence-corrected chi connectivity index (χ4v) is 1.80. The highest BCUT2D eigenvalue weighted by Gasteiger charge is 2.07. The molecular weight excluding hydrogens is 228 g/mol. The SMILES string of the molecule is CC(C)n1ncnc1CNCCS(C)(=O)=O. The molecule has 0 unspecified atom stereocenters. The van der Waals surface area contributed by atoms with Crippen molar-refractivity contribution in [3.05, 3.63) is 12.2 Å². The Morgan fingerprint density at radius 3 is 2.75 bits per heavy atom. The maximum atomic E-state index is 10.9. The van der Waals surface area contributed by atoms with Gasteiger partial charge in [0.1, 0.15) is 22.0 Å². The van der Waals surface area contributed by atoms with Crippen LogP contribution in [0, 0.1) is 0 Å². The third-order valence-electron chi connectivity index (χ3n) is 2.07. The highest BCUT2D eigenvalue weighted by atomic mass is 32.2. The molecule has 0 aliphatic carbocycles. The number of nitrogens with zero attached hydrogens (tertiary/aromatic N) is 3. The molecule has 0 atom stereocenters. The van der Waals surface area contributed by atoms with Gasteiger partial charge in [0.2, 0.25) is 0 Å². The molecule has 0 amide bonds. The topological polar surface area (TPSA) is 76.9 Å². The Balaban J connectivity index is 2.40.